The predicted octanol–water partition coefficient (Wildman–Crippen LogP) is 2.44. The molecule has 1 aliphatic rings. The van der Waals surface area contributed by atoms with Crippen molar-refractivity contribution in [3.8, 4) is 23.0 Å². The van der Waals surface area contributed by atoms with Crippen molar-refractivity contribution in [1.82, 2.24) is 0 Å². The molecule has 3 rings (SSSR count). The number of benzene rings is 2. The normalized spacial score (nSPS) is 14.8. The molecule has 0 aliphatic carbocycles. The van der Waals surface area contributed by atoms with E-state index < -0.39 is 12.6 Å². The smallest absolute Gasteiger partial charge is 0.185 e. The average molecular weight is 411 g/mol. The third kappa shape index (κ3) is 4.92. The van der Waals surface area contributed by atoms with Crippen LogP contribution in [0.1, 0.15) is 35.3 Å². The second-order valence-electron chi connectivity index (χ2n) is 6.79. The van der Waals surface area contributed by atoms with Crippen LogP contribution >= 0.6 is 0 Å². The summed E-state index contributed by atoms with van der Waals surface area (Å²) >= 11 is 0. The molecule has 0 saturated carbocycles. The number of carboxylic acids is 1. The number of rotatable bonds is 9. The van der Waals surface area contributed by atoms with Crippen LogP contribution in [0.25, 0.3) is 6.08 Å². The van der Waals surface area contributed by atoms with E-state index in [1.54, 1.807) is 6.08 Å². The van der Waals surface area contributed by atoms with Gasteiger partial charge in [-0.3, -0.25) is 4.79 Å². The fourth-order valence-corrected chi connectivity index (χ4v) is 3.20. The van der Waals surface area contributed by atoms with Crippen molar-refractivity contribution < 1.29 is 33.6 Å². The molecule has 7 nitrogen and oxygen atoms in total. The highest BCUT2D eigenvalue weighted by molar-refractivity contribution is 6.07. The molecule has 2 aromatic rings. The zero-order chi connectivity index (χ0) is 21.7. The first-order chi connectivity index (χ1) is 14.4. The summed E-state index contributed by atoms with van der Waals surface area (Å²) in [4.78, 5) is 23.2. The Morgan fingerprint density at radius 2 is 1.97 bits per heavy atom. The summed E-state index contributed by atoms with van der Waals surface area (Å²) in [6, 6.07) is 8.36. The van der Waals surface area contributed by atoms with Gasteiger partial charge in [-0.05, 0) is 56.3 Å². The highest BCUT2D eigenvalue weighted by Crippen LogP contribution is 2.36. The number of hydrogen-bond acceptors (Lipinski definition) is 7. The van der Waals surface area contributed by atoms with E-state index in [0.717, 1.165) is 23.3 Å². The fourth-order valence-electron chi connectivity index (χ4n) is 3.20. The number of ketones is 1. The van der Waals surface area contributed by atoms with E-state index >= 15 is 0 Å². The highest BCUT2D eigenvalue weighted by Gasteiger charge is 2.21. The van der Waals surface area contributed by atoms with Gasteiger partial charge in [0, 0.05) is 23.1 Å². The summed E-state index contributed by atoms with van der Waals surface area (Å²) in [5, 5.41) is 10.6. The summed E-state index contributed by atoms with van der Waals surface area (Å²) in [6.45, 7) is 3.81. The number of methoxy groups -OCH3 is 1. The SMILES string of the molecule is CCOc1cc2c(cc1/C=C/C(=O)c1ccc(OCC(=O)[O-])c(OC)c1)O[C@H](C)C2. The lowest BCUT2D eigenvalue weighted by Crippen LogP contribution is -2.29. The monoisotopic (exact) mass is 411 g/mol. The first kappa shape index (κ1) is 21.2. The third-order valence-corrected chi connectivity index (χ3v) is 4.54. The molecule has 1 aliphatic heterocycles. The molecule has 0 saturated heterocycles. The lowest BCUT2D eigenvalue weighted by Gasteiger charge is -2.12. The highest BCUT2D eigenvalue weighted by atomic mass is 16.5. The topological polar surface area (TPSA) is 94.1 Å². The molecule has 1 atom stereocenters. The van der Waals surface area contributed by atoms with Crippen molar-refractivity contribution in [2.45, 2.75) is 26.4 Å². The number of carbonyl (C=O) groups is 2. The van der Waals surface area contributed by atoms with Gasteiger partial charge in [-0.25, -0.2) is 0 Å². The van der Waals surface area contributed by atoms with Gasteiger partial charge in [0.15, 0.2) is 17.3 Å². The van der Waals surface area contributed by atoms with Crippen molar-refractivity contribution in [1.29, 1.82) is 0 Å². The van der Waals surface area contributed by atoms with Crippen LogP contribution in [0.3, 0.4) is 0 Å². The lowest BCUT2D eigenvalue weighted by atomic mass is 10.0. The molecular formula is C23H23O7-. The number of fused-ring (bicyclic) bond motifs is 1. The summed E-state index contributed by atoms with van der Waals surface area (Å²) in [5.41, 5.74) is 2.21. The second kappa shape index (κ2) is 9.35. The fraction of sp³-hybridized carbons (Fsp3) is 0.304. The minimum Gasteiger partial charge on any atom is -0.546 e. The molecule has 7 heteroatoms. The molecule has 0 fully saturated rings. The van der Waals surface area contributed by atoms with E-state index in [4.69, 9.17) is 18.9 Å². The molecule has 158 valence electrons. The second-order valence-corrected chi connectivity index (χ2v) is 6.79. The Labute approximate surface area is 174 Å². The maximum Gasteiger partial charge on any atom is 0.185 e. The molecular weight excluding hydrogens is 388 g/mol. The van der Waals surface area contributed by atoms with Crippen LogP contribution in [0.4, 0.5) is 0 Å². The van der Waals surface area contributed by atoms with Gasteiger partial charge in [0.1, 0.15) is 24.2 Å². The Kier molecular flexibility index (Phi) is 6.61. The van der Waals surface area contributed by atoms with Crippen LogP contribution < -0.4 is 24.1 Å². The van der Waals surface area contributed by atoms with Gasteiger partial charge in [-0.2, -0.15) is 0 Å². The molecule has 0 radical (unpaired) electrons. The maximum atomic E-state index is 12.7. The van der Waals surface area contributed by atoms with Crippen molar-refractivity contribution >= 4 is 17.8 Å². The van der Waals surface area contributed by atoms with Gasteiger partial charge < -0.3 is 28.8 Å². The number of carbonyl (C=O) groups excluding carboxylic acids is 2. The quantitative estimate of drug-likeness (QED) is 0.462. The lowest BCUT2D eigenvalue weighted by molar-refractivity contribution is -0.307. The van der Waals surface area contributed by atoms with Gasteiger partial charge in [0.25, 0.3) is 0 Å². The molecule has 0 amide bonds. The predicted molar refractivity (Wildman–Crippen MR) is 108 cm³/mol. The zero-order valence-electron chi connectivity index (χ0n) is 17.1. The van der Waals surface area contributed by atoms with Crippen LogP contribution in [0.15, 0.2) is 36.4 Å². The number of aliphatic carboxylic acids is 1. The Balaban J connectivity index is 1.82. The first-order valence-corrected chi connectivity index (χ1v) is 9.60. The number of ether oxygens (including phenoxy) is 4. The molecule has 0 bridgehead atoms. The minimum atomic E-state index is -1.35. The van der Waals surface area contributed by atoms with Gasteiger partial charge >= 0.3 is 0 Å². The van der Waals surface area contributed by atoms with E-state index in [1.807, 2.05) is 26.0 Å². The van der Waals surface area contributed by atoms with E-state index in [2.05, 4.69) is 0 Å². The maximum absolute atomic E-state index is 12.7. The summed E-state index contributed by atoms with van der Waals surface area (Å²) in [5.74, 6) is 0.363. The van der Waals surface area contributed by atoms with Crippen LogP contribution in [-0.2, 0) is 11.2 Å². The summed E-state index contributed by atoms with van der Waals surface area (Å²) in [7, 11) is 1.41. The molecule has 0 aromatic heterocycles. The van der Waals surface area contributed by atoms with E-state index in [0.29, 0.717) is 17.9 Å². The van der Waals surface area contributed by atoms with Crippen molar-refractivity contribution in [2.24, 2.45) is 0 Å². The Morgan fingerprint density at radius 3 is 2.67 bits per heavy atom. The first-order valence-electron chi connectivity index (χ1n) is 9.60. The summed E-state index contributed by atoms with van der Waals surface area (Å²) in [6.07, 6.45) is 4.07. The van der Waals surface area contributed by atoms with E-state index in [9.17, 15) is 14.7 Å². The Hall–Kier alpha value is -3.48. The summed E-state index contributed by atoms with van der Waals surface area (Å²) < 4.78 is 21.8. The molecule has 2 aromatic carbocycles. The zero-order valence-corrected chi connectivity index (χ0v) is 17.1. The number of hydrogen-bond donors (Lipinski definition) is 0. The molecule has 0 spiro atoms. The Bertz CT molecular complexity index is 978. The average Bonchev–Trinajstić information content (AvgIpc) is 3.09. The van der Waals surface area contributed by atoms with Crippen LogP contribution in [-0.4, -0.2) is 38.2 Å². The minimum absolute atomic E-state index is 0.112. The number of carboxylic acid groups (broad SMARTS) is 1. The number of allylic oxidation sites excluding steroid dienone is 1. The van der Waals surface area contributed by atoms with Crippen LogP contribution in [0.5, 0.6) is 23.0 Å². The van der Waals surface area contributed by atoms with Crippen molar-refractivity contribution in [3.05, 3.63) is 53.1 Å². The molecule has 0 unspecified atom stereocenters. The van der Waals surface area contributed by atoms with E-state index in [-0.39, 0.29) is 23.4 Å². The third-order valence-electron chi connectivity index (χ3n) is 4.54. The van der Waals surface area contributed by atoms with Crippen molar-refractivity contribution in [3.63, 3.8) is 0 Å². The van der Waals surface area contributed by atoms with Gasteiger partial charge in [-0.1, -0.05) is 0 Å². The van der Waals surface area contributed by atoms with Crippen LogP contribution in [0, 0.1) is 0 Å². The molecule has 0 N–H and O–H groups in total. The van der Waals surface area contributed by atoms with Gasteiger partial charge in [-0.15, -0.1) is 0 Å². The molecule has 30 heavy (non-hydrogen) atoms. The standard InChI is InChI=1S/C23H24O7/c1-4-28-20-12-17-9-14(2)30-21(17)11-16(20)5-7-18(24)15-6-8-19(22(10-15)27-3)29-13-23(25)26/h5-8,10-12,14H,4,9,13H2,1-3H3,(H,25,26)/p-1/b7-5+/t14-/m1/s1. The van der Waals surface area contributed by atoms with E-state index in [1.165, 1.54) is 31.4 Å². The molecule has 1 heterocycles. The largest absolute Gasteiger partial charge is 0.546 e. The van der Waals surface area contributed by atoms with Crippen LogP contribution in [0.2, 0.25) is 0 Å². The van der Waals surface area contributed by atoms with Crippen molar-refractivity contribution in [2.75, 3.05) is 20.3 Å². The van der Waals surface area contributed by atoms with Gasteiger partial charge in [0.05, 0.1) is 19.7 Å². The van der Waals surface area contributed by atoms with Gasteiger partial charge in [0.2, 0.25) is 0 Å². The Morgan fingerprint density at radius 1 is 1.17 bits per heavy atom.